The lowest BCUT2D eigenvalue weighted by Gasteiger charge is -2.09. The van der Waals surface area contributed by atoms with E-state index in [1.165, 1.54) is 5.56 Å². The van der Waals surface area contributed by atoms with E-state index < -0.39 is 0 Å². The summed E-state index contributed by atoms with van der Waals surface area (Å²) in [6.07, 6.45) is 3.45. The van der Waals surface area contributed by atoms with Gasteiger partial charge >= 0.3 is 0 Å². The molecule has 3 aromatic carbocycles. The normalized spacial score (nSPS) is 11.1. The van der Waals surface area contributed by atoms with E-state index in [2.05, 4.69) is 26.0 Å². The molecule has 0 aliphatic carbocycles. The summed E-state index contributed by atoms with van der Waals surface area (Å²) in [5.41, 5.74) is 3.94. The van der Waals surface area contributed by atoms with Gasteiger partial charge in [-0.3, -0.25) is 4.79 Å². The number of carbonyl (C=O) groups is 1. The Morgan fingerprint density at radius 3 is 2.26 bits per heavy atom. The molecule has 2 nitrogen and oxygen atoms in total. The summed E-state index contributed by atoms with van der Waals surface area (Å²) in [6, 6.07) is 25.6. The van der Waals surface area contributed by atoms with Gasteiger partial charge in [-0.25, -0.2) is 0 Å². The molecule has 0 N–H and O–H groups in total. The molecule has 0 fully saturated rings. The van der Waals surface area contributed by atoms with Crippen LogP contribution in [-0.4, -0.2) is 5.78 Å². The molecule has 0 bridgehead atoms. The topological polar surface area (TPSA) is 26.3 Å². The highest BCUT2D eigenvalue weighted by molar-refractivity contribution is 6.08. The number of carbonyl (C=O) groups excluding carboxylic acids is 1. The van der Waals surface area contributed by atoms with Crippen LogP contribution in [0, 0.1) is 0 Å². The Balaban J connectivity index is 1.71. The molecule has 136 valence electrons. The number of rotatable bonds is 7. The molecule has 0 atom stereocenters. The third-order valence-electron chi connectivity index (χ3n) is 4.42. The Morgan fingerprint density at radius 1 is 0.889 bits per heavy atom. The summed E-state index contributed by atoms with van der Waals surface area (Å²) >= 11 is 0. The monoisotopic (exact) mass is 356 g/mol. The second kappa shape index (κ2) is 9.00. The molecule has 0 aromatic heterocycles. The predicted octanol–water partition coefficient (Wildman–Crippen LogP) is 6.29. The average molecular weight is 356 g/mol. The lowest BCUT2D eigenvalue weighted by atomic mass is 10.0. The van der Waals surface area contributed by atoms with Crippen LogP contribution < -0.4 is 4.74 Å². The number of ketones is 1. The van der Waals surface area contributed by atoms with Gasteiger partial charge in [-0.05, 0) is 40.8 Å². The van der Waals surface area contributed by atoms with Crippen molar-refractivity contribution in [3.8, 4) is 5.75 Å². The standard InChI is InChI=1S/C25H24O2/c1-19(2)22-15-12-20(13-16-22)14-17-24(26)23-10-6-7-11-25(23)27-18-21-8-4-3-5-9-21/h3-17,19H,18H2,1-2H3/b17-14+. The third kappa shape index (κ3) is 5.18. The highest BCUT2D eigenvalue weighted by atomic mass is 16.5. The number of allylic oxidation sites excluding steroid dienone is 1. The highest BCUT2D eigenvalue weighted by Crippen LogP contribution is 2.21. The number of hydrogen-bond donors (Lipinski definition) is 0. The van der Waals surface area contributed by atoms with E-state index >= 15 is 0 Å². The van der Waals surface area contributed by atoms with Gasteiger partial charge in [-0.1, -0.05) is 86.7 Å². The zero-order chi connectivity index (χ0) is 19.1. The average Bonchev–Trinajstić information content (AvgIpc) is 2.71. The molecule has 0 saturated carbocycles. The first-order valence-corrected chi connectivity index (χ1v) is 9.21. The summed E-state index contributed by atoms with van der Waals surface area (Å²) in [5, 5.41) is 0. The van der Waals surface area contributed by atoms with Crippen molar-refractivity contribution in [1.82, 2.24) is 0 Å². The first-order chi connectivity index (χ1) is 13.1. The number of hydrogen-bond acceptors (Lipinski definition) is 2. The second-order valence-electron chi connectivity index (χ2n) is 6.79. The zero-order valence-corrected chi connectivity index (χ0v) is 15.8. The maximum absolute atomic E-state index is 12.7. The van der Waals surface area contributed by atoms with Crippen molar-refractivity contribution in [2.45, 2.75) is 26.4 Å². The van der Waals surface area contributed by atoms with Crippen LogP contribution in [0.2, 0.25) is 0 Å². The molecule has 0 radical (unpaired) electrons. The summed E-state index contributed by atoms with van der Waals surface area (Å²) in [6.45, 7) is 4.77. The Bertz CT molecular complexity index is 907. The molecule has 3 rings (SSSR count). The van der Waals surface area contributed by atoms with Crippen molar-refractivity contribution in [1.29, 1.82) is 0 Å². The highest BCUT2D eigenvalue weighted by Gasteiger charge is 2.09. The molecule has 3 aromatic rings. The molecule has 2 heteroatoms. The molecule has 0 aliphatic heterocycles. The third-order valence-corrected chi connectivity index (χ3v) is 4.42. The first kappa shape index (κ1) is 18.7. The smallest absolute Gasteiger partial charge is 0.189 e. The predicted molar refractivity (Wildman–Crippen MR) is 111 cm³/mol. The zero-order valence-electron chi connectivity index (χ0n) is 15.8. The minimum absolute atomic E-state index is 0.0633. The molecular weight excluding hydrogens is 332 g/mol. The van der Waals surface area contributed by atoms with Crippen LogP contribution in [0.3, 0.4) is 0 Å². The van der Waals surface area contributed by atoms with Crippen LogP contribution in [0.1, 0.15) is 46.8 Å². The van der Waals surface area contributed by atoms with Gasteiger partial charge in [-0.15, -0.1) is 0 Å². The Hall–Kier alpha value is -3.13. The van der Waals surface area contributed by atoms with E-state index in [0.29, 0.717) is 23.8 Å². The van der Waals surface area contributed by atoms with Crippen LogP contribution in [0.15, 0.2) is 84.9 Å². The molecule has 0 heterocycles. The van der Waals surface area contributed by atoms with Gasteiger partial charge in [0.15, 0.2) is 5.78 Å². The van der Waals surface area contributed by atoms with Crippen molar-refractivity contribution in [2.75, 3.05) is 0 Å². The van der Waals surface area contributed by atoms with Crippen molar-refractivity contribution in [3.05, 3.63) is 107 Å². The van der Waals surface area contributed by atoms with Gasteiger partial charge in [0.25, 0.3) is 0 Å². The van der Waals surface area contributed by atoms with Crippen molar-refractivity contribution in [2.24, 2.45) is 0 Å². The van der Waals surface area contributed by atoms with Crippen LogP contribution >= 0.6 is 0 Å². The molecule has 0 spiro atoms. The van der Waals surface area contributed by atoms with E-state index in [1.807, 2.05) is 66.7 Å². The van der Waals surface area contributed by atoms with Gasteiger partial charge in [0.2, 0.25) is 0 Å². The van der Waals surface area contributed by atoms with Crippen LogP contribution in [0.25, 0.3) is 6.08 Å². The van der Waals surface area contributed by atoms with E-state index in [0.717, 1.165) is 11.1 Å². The number of benzene rings is 3. The van der Waals surface area contributed by atoms with Gasteiger partial charge in [0.1, 0.15) is 12.4 Å². The molecule has 27 heavy (non-hydrogen) atoms. The van der Waals surface area contributed by atoms with Gasteiger partial charge in [0.05, 0.1) is 5.56 Å². The largest absolute Gasteiger partial charge is 0.488 e. The van der Waals surface area contributed by atoms with E-state index in [1.54, 1.807) is 12.1 Å². The van der Waals surface area contributed by atoms with Crippen molar-refractivity contribution >= 4 is 11.9 Å². The molecule has 0 aliphatic rings. The summed E-state index contributed by atoms with van der Waals surface area (Å²) in [7, 11) is 0. The van der Waals surface area contributed by atoms with Gasteiger partial charge in [-0.2, -0.15) is 0 Å². The fourth-order valence-electron chi connectivity index (χ4n) is 2.79. The van der Waals surface area contributed by atoms with E-state index in [9.17, 15) is 4.79 Å². The second-order valence-corrected chi connectivity index (χ2v) is 6.79. The van der Waals surface area contributed by atoms with Crippen molar-refractivity contribution in [3.63, 3.8) is 0 Å². The summed E-state index contributed by atoms with van der Waals surface area (Å²) in [4.78, 5) is 12.7. The van der Waals surface area contributed by atoms with Crippen LogP contribution in [-0.2, 0) is 6.61 Å². The maximum atomic E-state index is 12.7. The van der Waals surface area contributed by atoms with Gasteiger partial charge in [0, 0.05) is 0 Å². The fourth-order valence-corrected chi connectivity index (χ4v) is 2.79. The SMILES string of the molecule is CC(C)c1ccc(/C=C/C(=O)c2ccccc2OCc2ccccc2)cc1. The fraction of sp³-hybridized carbons (Fsp3) is 0.160. The van der Waals surface area contributed by atoms with Gasteiger partial charge < -0.3 is 4.74 Å². The molecule has 0 saturated heterocycles. The van der Waals surface area contributed by atoms with E-state index in [4.69, 9.17) is 4.74 Å². The minimum atomic E-state index is -0.0633. The Kier molecular flexibility index (Phi) is 6.22. The minimum Gasteiger partial charge on any atom is -0.488 e. The lowest BCUT2D eigenvalue weighted by Crippen LogP contribution is -2.02. The quantitative estimate of drug-likeness (QED) is 0.367. The molecular formula is C25H24O2. The first-order valence-electron chi connectivity index (χ1n) is 9.21. The summed E-state index contributed by atoms with van der Waals surface area (Å²) in [5.74, 6) is 1.04. The van der Waals surface area contributed by atoms with Crippen LogP contribution in [0.4, 0.5) is 0 Å². The Labute approximate surface area is 161 Å². The van der Waals surface area contributed by atoms with Crippen molar-refractivity contribution < 1.29 is 9.53 Å². The summed E-state index contributed by atoms with van der Waals surface area (Å²) < 4.78 is 5.88. The lowest BCUT2D eigenvalue weighted by molar-refractivity contribution is 0.104. The van der Waals surface area contributed by atoms with E-state index in [-0.39, 0.29) is 5.78 Å². The molecule has 0 amide bonds. The Morgan fingerprint density at radius 2 is 1.56 bits per heavy atom. The van der Waals surface area contributed by atoms with Crippen LogP contribution in [0.5, 0.6) is 5.75 Å². The number of para-hydroxylation sites is 1. The maximum Gasteiger partial charge on any atom is 0.189 e. The number of ether oxygens (including phenoxy) is 1. The molecule has 0 unspecified atom stereocenters.